The number of nitrogens with one attached hydrogen (secondary N) is 1. The van der Waals surface area contributed by atoms with Gasteiger partial charge in [0.25, 0.3) is 0 Å². The van der Waals surface area contributed by atoms with Crippen molar-refractivity contribution in [3.63, 3.8) is 0 Å². The fourth-order valence-electron chi connectivity index (χ4n) is 2.85. The summed E-state index contributed by atoms with van der Waals surface area (Å²) in [5.41, 5.74) is 5.90. The van der Waals surface area contributed by atoms with E-state index in [1.54, 1.807) is 0 Å². The Kier molecular flexibility index (Phi) is 6.69. The molecule has 1 amide bonds. The van der Waals surface area contributed by atoms with E-state index in [0.29, 0.717) is 0 Å². The van der Waals surface area contributed by atoms with Crippen LogP contribution in [0.2, 0.25) is 0 Å². The first-order valence-electron chi connectivity index (χ1n) is 7.57. The maximum Gasteiger partial charge on any atom is 0.237 e. The number of carbonyl (C=O) groups is 1. The molecule has 1 aliphatic carbocycles. The second kappa shape index (κ2) is 7.78. The molecule has 1 fully saturated rings. The molecule has 0 heterocycles. The van der Waals surface area contributed by atoms with Crippen LogP contribution in [-0.4, -0.2) is 18.5 Å². The van der Waals surface area contributed by atoms with Crippen molar-refractivity contribution in [2.45, 2.75) is 65.3 Å². The van der Waals surface area contributed by atoms with Crippen LogP contribution in [0.25, 0.3) is 0 Å². The van der Waals surface area contributed by atoms with Crippen molar-refractivity contribution in [3.8, 4) is 0 Å². The molecular weight excluding hydrogens is 224 g/mol. The number of rotatable bonds is 6. The highest BCUT2D eigenvalue weighted by atomic mass is 16.2. The summed E-state index contributed by atoms with van der Waals surface area (Å²) in [6, 6.07) is -0.347. The number of amides is 1. The van der Waals surface area contributed by atoms with E-state index in [4.69, 9.17) is 5.73 Å². The highest BCUT2D eigenvalue weighted by molar-refractivity contribution is 5.81. The van der Waals surface area contributed by atoms with Crippen molar-refractivity contribution >= 4 is 5.91 Å². The van der Waals surface area contributed by atoms with Gasteiger partial charge in [-0.15, -0.1) is 0 Å². The summed E-state index contributed by atoms with van der Waals surface area (Å²) in [5, 5.41) is 3.00. The zero-order valence-electron chi connectivity index (χ0n) is 12.2. The average Bonchev–Trinajstić information content (AvgIpc) is 2.36. The summed E-state index contributed by atoms with van der Waals surface area (Å²) >= 11 is 0. The van der Waals surface area contributed by atoms with Crippen LogP contribution < -0.4 is 11.1 Å². The standard InChI is InChI=1S/C15H30N2O/c1-4-12(3)14(16)15(18)17-9-8-13-7-5-6-11(2)10-13/h11-14H,4-10,16H2,1-3H3,(H,17,18)/t11?,12-,13?,14-/m0/s1. The molecule has 2 unspecified atom stereocenters. The summed E-state index contributed by atoms with van der Waals surface area (Å²) in [6.45, 7) is 7.23. The number of carbonyl (C=O) groups excluding carboxylic acids is 1. The van der Waals surface area contributed by atoms with Crippen molar-refractivity contribution in [2.24, 2.45) is 23.5 Å². The summed E-state index contributed by atoms with van der Waals surface area (Å²) in [4.78, 5) is 11.8. The lowest BCUT2D eigenvalue weighted by molar-refractivity contribution is -0.123. The molecule has 1 rings (SSSR count). The van der Waals surface area contributed by atoms with Gasteiger partial charge >= 0.3 is 0 Å². The largest absolute Gasteiger partial charge is 0.355 e. The molecule has 0 radical (unpaired) electrons. The quantitative estimate of drug-likeness (QED) is 0.765. The Morgan fingerprint density at radius 3 is 2.78 bits per heavy atom. The fourth-order valence-corrected chi connectivity index (χ4v) is 2.85. The topological polar surface area (TPSA) is 55.1 Å². The maximum atomic E-state index is 11.8. The first-order chi connectivity index (χ1) is 8.54. The number of hydrogen-bond donors (Lipinski definition) is 2. The SMILES string of the molecule is CC[C@H](C)[C@H](N)C(=O)NCCC1CCCC(C)C1. The minimum atomic E-state index is -0.347. The maximum absolute atomic E-state index is 11.8. The predicted molar refractivity (Wildman–Crippen MR) is 76.2 cm³/mol. The van der Waals surface area contributed by atoms with Gasteiger partial charge in [-0.1, -0.05) is 46.5 Å². The van der Waals surface area contributed by atoms with E-state index in [9.17, 15) is 4.79 Å². The van der Waals surface area contributed by atoms with E-state index in [-0.39, 0.29) is 17.9 Å². The molecule has 1 aliphatic rings. The van der Waals surface area contributed by atoms with Gasteiger partial charge in [-0.2, -0.15) is 0 Å². The molecule has 0 aromatic carbocycles. The van der Waals surface area contributed by atoms with Crippen molar-refractivity contribution in [3.05, 3.63) is 0 Å². The van der Waals surface area contributed by atoms with Gasteiger partial charge in [0.05, 0.1) is 6.04 Å². The lowest BCUT2D eigenvalue weighted by Gasteiger charge is -2.27. The van der Waals surface area contributed by atoms with Crippen molar-refractivity contribution in [1.29, 1.82) is 0 Å². The monoisotopic (exact) mass is 254 g/mol. The Balaban J connectivity index is 2.18. The highest BCUT2D eigenvalue weighted by Crippen LogP contribution is 2.30. The molecule has 0 aromatic rings. The zero-order valence-corrected chi connectivity index (χ0v) is 12.2. The van der Waals surface area contributed by atoms with Gasteiger partial charge in [-0.25, -0.2) is 0 Å². The first-order valence-corrected chi connectivity index (χ1v) is 7.57. The fraction of sp³-hybridized carbons (Fsp3) is 0.933. The molecule has 0 aliphatic heterocycles. The Morgan fingerprint density at radius 1 is 1.44 bits per heavy atom. The Morgan fingerprint density at radius 2 is 2.17 bits per heavy atom. The molecule has 0 aromatic heterocycles. The Labute approximate surface area is 112 Å². The van der Waals surface area contributed by atoms with Gasteiger partial charge in [0.15, 0.2) is 0 Å². The van der Waals surface area contributed by atoms with E-state index in [1.807, 2.05) is 6.92 Å². The minimum Gasteiger partial charge on any atom is -0.355 e. The highest BCUT2D eigenvalue weighted by Gasteiger charge is 2.21. The van der Waals surface area contributed by atoms with Crippen molar-refractivity contribution in [1.82, 2.24) is 5.32 Å². The molecule has 4 atom stereocenters. The van der Waals surface area contributed by atoms with Crippen LogP contribution in [-0.2, 0) is 4.79 Å². The molecule has 0 saturated heterocycles. The normalized spacial score (nSPS) is 27.6. The van der Waals surface area contributed by atoms with E-state index in [1.165, 1.54) is 25.7 Å². The van der Waals surface area contributed by atoms with Crippen LogP contribution in [0.1, 0.15) is 59.3 Å². The third-order valence-corrected chi connectivity index (χ3v) is 4.46. The van der Waals surface area contributed by atoms with Gasteiger partial charge in [0.1, 0.15) is 0 Å². The molecule has 3 nitrogen and oxygen atoms in total. The van der Waals surface area contributed by atoms with Gasteiger partial charge in [-0.05, 0) is 30.6 Å². The lowest BCUT2D eigenvalue weighted by atomic mass is 9.81. The van der Waals surface area contributed by atoms with E-state index in [0.717, 1.165) is 31.2 Å². The summed E-state index contributed by atoms with van der Waals surface area (Å²) < 4.78 is 0. The third-order valence-electron chi connectivity index (χ3n) is 4.46. The van der Waals surface area contributed by atoms with Crippen LogP contribution in [0.3, 0.4) is 0 Å². The molecule has 3 N–H and O–H groups in total. The summed E-state index contributed by atoms with van der Waals surface area (Å²) in [6.07, 6.45) is 7.46. The second-order valence-electron chi connectivity index (χ2n) is 6.13. The molecule has 1 saturated carbocycles. The molecule has 0 spiro atoms. The molecule has 3 heteroatoms. The average molecular weight is 254 g/mol. The van der Waals surface area contributed by atoms with Crippen LogP contribution in [0, 0.1) is 17.8 Å². The third kappa shape index (κ3) is 4.97. The van der Waals surface area contributed by atoms with Crippen LogP contribution in [0.4, 0.5) is 0 Å². The van der Waals surface area contributed by atoms with E-state index >= 15 is 0 Å². The number of nitrogens with two attached hydrogens (primary N) is 1. The van der Waals surface area contributed by atoms with E-state index in [2.05, 4.69) is 19.2 Å². The summed E-state index contributed by atoms with van der Waals surface area (Å²) in [5.74, 6) is 1.95. The van der Waals surface area contributed by atoms with Gasteiger partial charge in [-0.3, -0.25) is 4.79 Å². The van der Waals surface area contributed by atoms with E-state index < -0.39 is 0 Å². The molecule has 18 heavy (non-hydrogen) atoms. The second-order valence-corrected chi connectivity index (χ2v) is 6.13. The zero-order chi connectivity index (χ0) is 13.5. The number of hydrogen-bond acceptors (Lipinski definition) is 2. The predicted octanol–water partition coefficient (Wildman–Crippen LogP) is 2.69. The van der Waals surface area contributed by atoms with Gasteiger partial charge in [0, 0.05) is 6.54 Å². The smallest absolute Gasteiger partial charge is 0.237 e. The van der Waals surface area contributed by atoms with Crippen LogP contribution in [0.15, 0.2) is 0 Å². The lowest BCUT2D eigenvalue weighted by Crippen LogP contribution is -2.45. The minimum absolute atomic E-state index is 0.0215. The van der Waals surface area contributed by atoms with Crippen molar-refractivity contribution in [2.75, 3.05) is 6.54 Å². The van der Waals surface area contributed by atoms with Gasteiger partial charge < -0.3 is 11.1 Å². The molecular formula is C15H30N2O. The molecule has 0 bridgehead atoms. The Bertz CT molecular complexity index is 255. The Hall–Kier alpha value is -0.570. The first kappa shape index (κ1) is 15.5. The van der Waals surface area contributed by atoms with Crippen LogP contribution in [0.5, 0.6) is 0 Å². The van der Waals surface area contributed by atoms with Crippen molar-refractivity contribution < 1.29 is 4.79 Å². The molecule has 106 valence electrons. The summed E-state index contributed by atoms with van der Waals surface area (Å²) in [7, 11) is 0. The van der Waals surface area contributed by atoms with Gasteiger partial charge in [0.2, 0.25) is 5.91 Å². The van der Waals surface area contributed by atoms with Crippen LogP contribution >= 0.6 is 0 Å².